The highest BCUT2D eigenvalue weighted by Crippen LogP contribution is 2.50. The van der Waals surface area contributed by atoms with E-state index >= 15 is 4.39 Å². The summed E-state index contributed by atoms with van der Waals surface area (Å²) in [6.07, 6.45) is 12.7. The molecule has 33 nitrogen and oxygen atoms in total. The average Bonchev–Trinajstić information content (AvgIpc) is 0.811. The molecule has 0 spiro atoms. The van der Waals surface area contributed by atoms with E-state index in [2.05, 4.69) is 90.1 Å². The van der Waals surface area contributed by atoms with Crippen molar-refractivity contribution in [1.82, 2.24) is 53.4 Å². The number of aromatic nitrogens is 11. The maximum atomic E-state index is 15.1. The fourth-order valence-corrected chi connectivity index (χ4v) is 15.0. The van der Waals surface area contributed by atoms with E-state index in [1.165, 1.54) is 62.9 Å². The van der Waals surface area contributed by atoms with Gasteiger partial charge in [-0.05, 0) is 102 Å². The molecule has 0 amide bonds. The summed E-state index contributed by atoms with van der Waals surface area (Å²) >= 11 is 0. The van der Waals surface area contributed by atoms with Gasteiger partial charge in [0.05, 0.1) is 106 Å². The molecule has 0 aromatic carbocycles. The molecule has 4 aliphatic rings. The molecule has 0 saturated carbocycles. The predicted molar refractivity (Wildman–Crippen MR) is 446 cm³/mol. The molecule has 4 N–H and O–H groups in total. The van der Waals surface area contributed by atoms with Crippen molar-refractivity contribution in [3.05, 3.63) is 159 Å². The number of hydrogen-bond donors (Lipinski definition) is 4. The SMILES string of the molecule is COCCCOc1cc2c(nc1OC)-c1c(F)c(=O)c(C(=O)O)cn1[C@H](C(C)C)C2.COCCCOc1cc2c(nc1OC)-c1cc(=O)c(-c3ncn[nH]3)cn1[C@H](C(C)C)C2.COCCCOc1cc2c(nc1OC)-c1cc(=O)c(C(=O)O)cn1C(C)(C(C)(C)C)C2.COCCCOc1cc2c(nc1OC)-c1cc(=O)c(C(=O)O)cn1[C@H](C(C)C)C2. The first-order valence-corrected chi connectivity index (χ1v) is 39.8. The Kier molecular flexibility index (Phi) is 30.2. The van der Waals surface area contributed by atoms with E-state index in [1.807, 2.05) is 47.4 Å². The number of carboxylic acid groups (broad SMARTS) is 3. The number of aromatic carboxylic acids is 3. The van der Waals surface area contributed by atoms with Crippen LogP contribution in [0.1, 0.15) is 166 Å². The number of ether oxygens (including phenoxy) is 12. The molecule has 0 fully saturated rings. The second-order valence-corrected chi connectivity index (χ2v) is 31.7. The Labute approximate surface area is 699 Å². The Morgan fingerprint density at radius 2 is 0.835 bits per heavy atom. The molecular weight excluding hydrogens is 1570 g/mol. The van der Waals surface area contributed by atoms with Gasteiger partial charge in [0, 0.05) is 142 Å². The zero-order valence-electron chi connectivity index (χ0n) is 71.7. The number of nitrogens with one attached hydrogen (secondary N) is 1. The third kappa shape index (κ3) is 19.9. The van der Waals surface area contributed by atoms with Gasteiger partial charge in [0.1, 0.15) is 28.7 Å². The van der Waals surface area contributed by atoms with Gasteiger partial charge < -0.3 is 90.4 Å². The van der Waals surface area contributed by atoms with E-state index in [9.17, 15) is 48.9 Å². The van der Waals surface area contributed by atoms with Crippen molar-refractivity contribution < 1.29 is 90.9 Å². The van der Waals surface area contributed by atoms with Crippen molar-refractivity contribution in [3.63, 3.8) is 0 Å². The van der Waals surface area contributed by atoms with Gasteiger partial charge in [-0.15, -0.1) is 0 Å². The Balaban J connectivity index is 0.000000169. The van der Waals surface area contributed by atoms with Gasteiger partial charge >= 0.3 is 17.9 Å². The van der Waals surface area contributed by atoms with Crippen LogP contribution in [-0.4, -0.2) is 196 Å². The Bertz CT molecular complexity index is 5480. The van der Waals surface area contributed by atoms with Gasteiger partial charge in [0.15, 0.2) is 50.9 Å². The van der Waals surface area contributed by atoms with Crippen LogP contribution in [0.25, 0.3) is 56.9 Å². The van der Waals surface area contributed by atoms with Crippen LogP contribution in [-0.2, 0) is 50.2 Å². The third-order valence-electron chi connectivity index (χ3n) is 22.0. The molecule has 4 aliphatic heterocycles. The maximum absolute atomic E-state index is 15.1. The number of hydrogen-bond acceptors (Lipinski definition) is 25. The summed E-state index contributed by atoms with van der Waals surface area (Å²) in [6, 6.07) is 11.8. The monoisotopic (exact) mass is 1680 g/mol. The fraction of sp³-hybridized carbons (Fsp3) is 0.483. The van der Waals surface area contributed by atoms with Gasteiger partial charge in [-0.1, -0.05) is 62.3 Å². The summed E-state index contributed by atoms with van der Waals surface area (Å²) in [7, 11) is 12.6. The zero-order valence-corrected chi connectivity index (χ0v) is 71.7. The van der Waals surface area contributed by atoms with Crippen molar-refractivity contribution in [1.29, 1.82) is 0 Å². The molecule has 121 heavy (non-hydrogen) atoms. The van der Waals surface area contributed by atoms with Crippen LogP contribution in [0.2, 0.25) is 0 Å². The van der Waals surface area contributed by atoms with E-state index in [-0.39, 0.29) is 69.2 Å². The van der Waals surface area contributed by atoms with Crippen LogP contribution < -0.4 is 59.6 Å². The summed E-state index contributed by atoms with van der Waals surface area (Å²) in [5.74, 6) is -0.697. The van der Waals surface area contributed by atoms with Gasteiger partial charge in [0.2, 0.25) is 5.43 Å². The Hall–Kier alpha value is -11.9. The summed E-state index contributed by atoms with van der Waals surface area (Å²) in [6.45, 7) is 24.9. The molecule has 1 unspecified atom stereocenters. The highest BCUT2D eigenvalue weighted by atomic mass is 19.1. The Morgan fingerprint density at radius 3 is 1.21 bits per heavy atom. The van der Waals surface area contributed by atoms with Gasteiger partial charge in [0.25, 0.3) is 23.5 Å². The van der Waals surface area contributed by atoms with E-state index in [0.29, 0.717) is 165 Å². The number of fused-ring (bicyclic) bond motifs is 12. The topological polar surface area (TPSA) is 404 Å². The lowest BCUT2D eigenvalue weighted by atomic mass is 9.69. The molecule has 0 aliphatic carbocycles. The molecule has 650 valence electrons. The second-order valence-electron chi connectivity index (χ2n) is 31.7. The molecule has 34 heteroatoms. The minimum Gasteiger partial charge on any atom is -0.488 e. The molecule has 9 aromatic rings. The number of halogens is 1. The molecule has 9 aromatic heterocycles. The fourth-order valence-electron chi connectivity index (χ4n) is 15.0. The van der Waals surface area contributed by atoms with Crippen LogP contribution in [0.15, 0.2) is 92.8 Å². The van der Waals surface area contributed by atoms with E-state index < -0.39 is 51.1 Å². The molecule has 4 atom stereocenters. The summed E-state index contributed by atoms with van der Waals surface area (Å²) < 4.78 is 87.8. The summed E-state index contributed by atoms with van der Waals surface area (Å²) in [4.78, 5) is 107. The number of carboxylic acids is 3. The number of nitrogens with zero attached hydrogens (tertiary/aromatic N) is 10. The minimum atomic E-state index is -1.46. The van der Waals surface area contributed by atoms with Gasteiger partial charge in [-0.25, -0.2) is 43.7 Å². The van der Waals surface area contributed by atoms with Crippen LogP contribution in [0.4, 0.5) is 4.39 Å². The van der Waals surface area contributed by atoms with E-state index in [4.69, 9.17) is 61.8 Å². The van der Waals surface area contributed by atoms with Crippen LogP contribution in [0.5, 0.6) is 46.5 Å². The highest BCUT2D eigenvalue weighted by Gasteiger charge is 2.45. The van der Waals surface area contributed by atoms with Crippen molar-refractivity contribution in [2.45, 2.75) is 144 Å². The van der Waals surface area contributed by atoms with Crippen molar-refractivity contribution in [2.24, 2.45) is 23.2 Å². The molecule has 0 saturated heterocycles. The smallest absolute Gasteiger partial charge is 0.341 e. The predicted octanol–water partition coefficient (Wildman–Crippen LogP) is 11.9. The van der Waals surface area contributed by atoms with Gasteiger partial charge in [-0.2, -0.15) is 5.10 Å². The zero-order chi connectivity index (χ0) is 88.1. The van der Waals surface area contributed by atoms with Crippen LogP contribution in [0, 0.1) is 29.0 Å². The van der Waals surface area contributed by atoms with E-state index in [1.54, 1.807) is 47.7 Å². The largest absolute Gasteiger partial charge is 0.488 e. The Morgan fingerprint density at radius 1 is 0.479 bits per heavy atom. The molecular formula is C87H108FN11O22. The highest BCUT2D eigenvalue weighted by molar-refractivity contribution is 5.89. The maximum Gasteiger partial charge on any atom is 0.341 e. The van der Waals surface area contributed by atoms with E-state index in [0.717, 1.165) is 53.8 Å². The van der Waals surface area contributed by atoms with Crippen LogP contribution >= 0.6 is 0 Å². The first-order valence-electron chi connectivity index (χ1n) is 39.8. The lowest BCUT2D eigenvalue weighted by Crippen LogP contribution is -2.48. The number of aromatic amines is 1. The molecule has 13 heterocycles. The lowest BCUT2D eigenvalue weighted by Gasteiger charge is -2.48. The van der Waals surface area contributed by atoms with Gasteiger partial charge in [-0.3, -0.25) is 24.3 Å². The van der Waals surface area contributed by atoms with Crippen molar-refractivity contribution in [2.75, 3.05) is 110 Å². The summed E-state index contributed by atoms with van der Waals surface area (Å²) in [5.41, 5.74) is 3.91. The number of methoxy groups -OCH3 is 8. The number of rotatable bonds is 31. The van der Waals surface area contributed by atoms with Crippen molar-refractivity contribution in [3.8, 4) is 103 Å². The number of H-pyrrole nitrogens is 1. The first-order chi connectivity index (χ1) is 57.7. The normalized spacial score (nSPS) is 15.6. The van der Waals surface area contributed by atoms with Crippen molar-refractivity contribution >= 4 is 17.9 Å². The second kappa shape index (κ2) is 40.0. The quantitative estimate of drug-likeness (QED) is 0.0293. The number of carbonyl (C=O) groups is 3. The lowest BCUT2D eigenvalue weighted by molar-refractivity contribution is 0.0680. The summed E-state index contributed by atoms with van der Waals surface area (Å²) in [5, 5.41) is 34.8. The molecule has 0 bridgehead atoms. The van der Waals surface area contributed by atoms with Crippen LogP contribution in [0.3, 0.4) is 0 Å². The molecule has 0 radical (unpaired) electrons. The standard InChI is InChI=1S/C23H30N2O6.C22H27N5O4.C21H25FN2O6.C21H26N2O6/c1-22(2,3)23(4)12-14-10-18(31-9-7-8-29-5)20(30-6)24-19(14)16-11-17(26)15(21(27)28)13-25(16)23;1-13(2)16-8-14-9-19(31-7-5-6-29-3)22(30-4)25-20(14)17-10-18(28)15(11-27(16)17)21-23-12-24-26-21;1-11(2)14-8-12-9-15(30-7-5-6-28-3)20(29-4)23-17(12)18-16(22)19(25)13(21(26)27)10-24(14)18;1-12(2)15-8-13-9-18(29-7-5-6-27-3)20(28-4)22-19(13)16-10-17(24)14(21(25)26)11-23(15)16/h10-11,13H,7-9,12H2,1-6H3,(H,27,28);9-13,16H,5-8H2,1-4H3,(H,23,24,26);9-11,14H,5-8H2,1-4H3,(H,26,27);9-12,15H,5-8H2,1-4H3,(H,25,26)/t;16-;14-;15-/m.000/s1. The number of pyridine rings is 8. The minimum absolute atomic E-state index is 0.00673. The third-order valence-corrected chi connectivity index (χ3v) is 22.0. The molecule has 13 rings (SSSR count). The first kappa shape index (κ1) is 91.4. The average molecular weight is 1680 g/mol.